The third-order valence-corrected chi connectivity index (χ3v) is 44.1. The van der Waals surface area contributed by atoms with Gasteiger partial charge in [0.2, 0.25) is 0 Å². The first-order valence-corrected chi connectivity index (χ1v) is 53.7. The Hall–Kier alpha value is -9.24. The summed E-state index contributed by atoms with van der Waals surface area (Å²) in [5, 5.41) is 25.2. The maximum Gasteiger partial charge on any atom is 0.255 e. The lowest BCUT2D eigenvalue weighted by Crippen LogP contribution is -2.71. The molecule has 0 radical (unpaired) electrons. The molecule has 10 heterocycles. The van der Waals surface area contributed by atoms with Crippen LogP contribution in [0, 0.1) is 44.8 Å². The number of nitrogens with two attached hydrogens (primary N) is 2. The molecule has 1 aromatic heterocycles. The average Bonchev–Trinajstić information content (AvgIpc) is 0.715. The fourth-order valence-corrected chi connectivity index (χ4v) is 32.0. The van der Waals surface area contributed by atoms with E-state index in [1.165, 1.54) is 74.6 Å². The third-order valence-electron chi connectivity index (χ3n) is 28.8. The predicted octanol–water partition coefficient (Wildman–Crippen LogP) is 16.5. The van der Waals surface area contributed by atoms with E-state index in [4.69, 9.17) is 49.8 Å². The lowest BCUT2D eigenvalue weighted by atomic mass is 9.78. The van der Waals surface area contributed by atoms with Gasteiger partial charge in [0.15, 0.2) is 55.0 Å². The fourth-order valence-electron chi connectivity index (χ4n) is 19.3. The Bertz CT molecular complexity index is 6510. The molecule has 0 amide bonds. The quantitative estimate of drug-likeness (QED) is 0.0527. The summed E-state index contributed by atoms with van der Waals surface area (Å²) in [5.41, 5.74) is 3.71. The number of phenols is 1. The Morgan fingerprint density at radius 2 is 0.811 bits per heavy atom. The maximum absolute atomic E-state index is 15.2. The van der Waals surface area contributed by atoms with Gasteiger partial charge in [-0.25, -0.2) is 73.4 Å². The van der Waals surface area contributed by atoms with Crippen LogP contribution in [0.2, 0.25) is 0 Å². The second-order valence-corrected chi connectivity index (χ2v) is 56.9. The molecule has 11 N–H and O–H groups in total. The van der Waals surface area contributed by atoms with Gasteiger partial charge in [-0.1, -0.05) is 117 Å². The number of hydrogen-bond donors (Lipinski definition) is 7. The highest BCUT2D eigenvalue weighted by Crippen LogP contribution is 2.57. The van der Waals surface area contributed by atoms with E-state index in [1.54, 1.807) is 132 Å². The highest BCUT2D eigenvalue weighted by Gasteiger charge is 2.69. The largest absolute Gasteiger partial charge is 0.508 e. The number of hydrogen-bond acceptors (Lipinski definition) is 28. The van der Waals surface area contributed by atoms with Crippen molar-refractivity contribution in [2.75, 3.05) is 33.0 Å². The van der Waals surface area contributed by atoms with E-state index in [9.17, 15) is 69.9 Å². The van der Waals surface area contributed by atoms with Crippen LogP contribution < -0.4 is 32.2 Å². The number of pyridine rings is 1. The fraction of sp³-hybridized carbons (Fsp3) is 0.520. The van der Waals surface area contributed by atoms with E-state index < -0.39 is 190 Å². The average molecular weight is 2170 g/mol. The van der Waals surface area contributed by atoms with Crippen LogP contribution >= 0.6 is 15.9 Å². The lowest BCUT2D eigenvalue weighted by Gasteiger charge is -2.56. The zero-order valence-corrected chi connectivity index (χ0v) is 88.3. The van der Waals surface area contributed by atoms with Gasteiger partial charge in [-0.3, -0.25) is 9.98 Å². The van der Waals surface area contributed by atoms with Crippen LogP contribution in [0.5, 0.6) is 17.4 Å². The van der Waals surface area contributed by atoms with E-state index in [2.05, 4.69) is 66.6 Å². The van der Waals surface area contributed by atoms with Gasteiger partial charge in [-0.2, -0.15) is 0 Å². The number of nitrogens with zero attached hydrogens (tertiary/aromatic N) is 3. The van der Waals surface area contributed by atoms with Crippen molar-refractivity contribution in [1.82, 2.24) is 20.9 Å². The van der Waals surface area contributed by atoms with E-state index in [-0.39, 0.29) is 160 Å². The van der Waals surface area contributed by atoms with Crippen LogP contribution in [0.3, 0.4) is 0 Å². The summed E-state index contributed by atoms with van der Waals surface area (Å²) >= 11 is 3.36. The van der Waals surface area contributed by atoms with Crippen molar-refractivity contribution in [2.45, 2.75) is 298 Å². The summed E-state index contributed by atoms with van der Waals surface area (Å²) in [4.78, 5) is 26.9. The molecule has 790 valence electrons. The lowest BCUT2D eigenvalue weighted by molar-refractivity contribution is -0.0950. The molecule has 6 aromatic carbocycles. The highest BCUT2D eigenvalue weighted by molar-refractivity contribution is 9.10. The summed E-state index contributed by atoms with van der Waals surface area (Å²) < 4.78 is 253. The van der Waals surface area contributed by atoms with E-state index in [0.717, 1.165) is 17.7 Å². The molecule has 16 rings (SSSR count). The molecule has 0 unspecified atom stereocenters. The van der Waals surface area contributed by atoms with Gasteiger partial charge in [0, 0.05) is 65.5 Å². The SMILES string of the molecule is C.C.C=C1N[C@@]2(c3cc(Br)ccc3F)COC(C)(C)C[C@H]2S(=O)(=O)C1(C)C.C=C1N[C@@]2(c3cc(O)ccc3F)COC(C)(C)C[C@H]2S(=O)(=O)C1(C)C.C=C1N[C@](COCc2ccccc2)(c2ccccc2F)[C@@H](CC(C)(C)O)S(=O)(=O)C1(C)C.CC1(C)C[C@@H]2[C@](c3cc(Oc4ncccc4F)ccc3F)(CO1)N=C(N)C(C)(C)S2(=O)=O.CC1(C)C[C@@H]2[C@](c3ccccc3F)(CO1)N=C(N)C(C)(C)S2(=O)=O.O.O=O. The summed E-state index contributed by atoms with van der Waals surface area (Å²) in [7, 11) is -18.9. The Kier molecular flexibility index (Phi) is 34.2. The van der Waals surface area contributed by atoms with Gasteiger partial charge >= 0.3 is 0 Å². The number of fused-ring (bicyclic) bond motifs is 4. The number of phenolic OH excluding ortho intramolecular Hbond substituents is 1. The van der Waals surface area contributed by atoms with Crippen LogP contribution in [0.25, 0.3) is 0 Å². The summed E-state index contributed by atoms with van der Waals surface area (Å²) in [5.74, 6) is -3.99. The molecule has 0 bridgehead atoms. The van der Waals surface area contributed by atoms with E-state index in [0.29, 0.717) is 10.2 Å². The predicted molar refractivity (Wildman–Crippen MR) is 547 cm³/mol. The van der Waals surface area contributed by atoms with Gasteiger partial charge in [-0.15, -0.1) is 0 Å². The van der Waals surface area contributed by atoms with Crippen molar-refractivity contribution >= 4 is 76.8 Å². The van der Waals surface area contributed by atoms with Crippen molar-refractivity contribution in [2.24, 2.45) is 21.5 Å². The number of nitrogens with one attached hydrogen (secondary N) is 3. The first kappa shape index (κ1) is 119. The van der Waals surface area contributed by atoms with Gasteiger partial charge in [-0.05, 0) is 255 Å². The van der Waals surface area contributed by atoms with Gasteiger partial charge in [0.1, 0.15) is 104 Å². The molecule has 29 nitrogen and oxygen atoms in total. The van der Waals surface area contributed by atoms with Crippen molar-refractivity contribution < 1.29 is 113 Å². The van der Waals surface area contributed by atoms with Crippen LogP contribution in [-0.4, -0.2) is 185 Å². The molecule has 143 heavy (non-hydrogen) atoms. The molecule has 41 heteroatoms. The summed E-state index contributed by atoms with van der Waals surface area (Å²) in [6.45, 7) is 45.1. The minimum absolute atomic E-state index is 0. The number of aromatic nitrogens is 1. The molecule has 7 saturated heterocycles. The van der Waals surface area contributed by atoms with Gasteiger partial charge in [0.25, 0.3) is 5.88 Å². The number of aromatic hydroxyl groups is 1. The molecule has 10 atom stereocenters. The number of benzene rings is 6. The van der Waals surface area contributed by atoms with Crippen LogP contribution in [0.15, 0.2) is 203 Å². The Morgan fingerprint density at radius 3 is 1.26 bits per heavy atom. The van der Waals surface area contributed by atoms with Crippen molar-refractivity contribution in [3.8, 4) is 17.4 Å². The molecule has 7 aromatic rings. The first-order valence-electron chi connectivity index (χ1n) is 45.1. The van der Waals surface area contributed by atoms with E-state index in [1.807, 2.05) is 71.9 Å². The van der Waals surface area contributed by atoms with Crippen molar-refractivity contribution in [1.29, 1.82) is 0 Å². The number of rotatable bonds is 13. The van der Waals surface area contributed by atoms with Crippen LogP contribution in [-0.2, 0) is 107 Å². The normalized spacial score (nSPS) is 28.8. The highest BCUT2D eigenvalue weighted by atomic mass is 79.9. The summed E-state index contributed by atoms with van der Waals surface area (Å²) in [6.07, 6.45) is 2.04. The Balaban J connectivity index is 0.000000217. The van der Waals surface area contributed by atoms with E-state index >= 15 is 8.78 Å². The monoisotopic (exact) mass is 2160 g/mol. The van der Waals surface area contributed by atoms with Gasteiger partial charge < -0.3 is 71.5 Å². The molecular weight excluding hydrogens is 2030 g/mol. The molecular formula is C102H137BrF6N8O21S5. The van der Waals surface area contributed by atoms with Crippen molar-refractivity contribution in [3.05, 3.63) is 271 Å². The number of ether oxygens (including phenoxy) is 6. The molecule has 9 aliphatic heterocycles. The standard InChI is InChI=1S/C25H32FNO4S.C22H25F2N3O4S.C18H23BrFNO3S.C18H24FNO4S.C17H23FN2O3S.2CH4.O2.H2O/c1-18-24(4,5)32(29,30)22(15-23(2,3)28)25(27-18,20-13-9-10-14-21(20)26)17-31-16-19-11-7-6-8-12-19;1-20(2)11-17-22(12-30-20,27-19(25)21(3,4)32(17,28)29)14-10-13(7-8-15(14)23)31-18-16(24)6-5-9-26-18;1-11-17(4,5)25(22,23)15-9-16(2,3)24-10-18(15,21-11)13-8-12(19)6-7-14(13)20;1-11-17(4,5)25(22,23)15-9-16(2,3)24-10-18(15,20-11)13-8-12(21)6-7-14(13)19;1-15(2)9-13-17(10-23-15,11-7-5-6-8-12(11)18)20-14(19)16(3,4)24(13,21)22;;;1-2;/h6-14,22,27-28H,1,15-17H2,2-5H3;5-10,17H,11-12H2,1-4H3,(H2,25,27);6-8,15,21H,1,9-10H2,2-5H3;6-8,15,20-21H,1,9-10H2,2-5H3;5-8,13H,9-10H2,1-4H3,(H2,19,20);2*1H4;;1H2/t22-,25-;17-,22-;2*15-,18-;13-,17-;;;;/m11111..../s1. The van der Waals surface area contributed by atoms with Crippen molar-refractivity contribution in [3.63, 3.8) is 0 Å². The Morgan fingerprint density at radius 1 is 0.448 bits per heavy atom. The van der Waals surface area contributed by atoms with Gasteiger partial charge in [0.05, 0.1) is 93.9 Å². The maximum atomic E-state index is 15.2. The number of halogens is 7. The second kappa shape index (κ2) is 41.1. The number of sulfone groups is 5. The number of aliphatic hydroxyl groups is 1. The molecule has 0 aliphatic carbocycles. The minimum Gasteiger partial charge on any atom is -0.508 e. The topological polar surface area (TPSA) is 458 Å². The molecule has 0 saturated carbocycles. The third kappa shape index (κ3) is 21.5. The second-order valence-electron chi connectivity index (χ2n) is 42.6. The molecule has 7 fully saturated rings. The van der Waals surface area contributed by atoms with Crippen LogP contribution in [0.1, 0.15) is 219 Å². The first-order chi connectivity index (χ1) is 64.2. The number of aliphatic imine (C=N–C) groups is 2. The molecule has 0 spiro atoms. The van der Waals surface area contributed by atoms with Crippen LogP contribution in [0.4, 0.5) is 26.3 Å². The summed E-state index contributed by atoms with van der Waals surface area (Å²) in [6, 6.07) is 36.1. The zero-order chi connectivity index (χ0) is 105. The molecule has 9 aliphatic rings. The number of amidine groups is 2. The Labute approximate surface area is 845 Å². The minimum atomic E-state index is -3.92. The zero-order valence-electron chi connectivity index (χ0n) is 82.6. The smallest absolute Gasteiger partial charge is 0.255 e.